The molecule has 6 nitrogen and oxygen atoms in total. The van der Waals surface area contributed by atoms with Gasteiger partial charge < -0.3 is 15.2 Å². The molecule has 0 aromatic carbocycles. The molecule has 0 aliphatic heterocycles. The number of anilines is 1. The van der Waals surface area contributed by atoms with E-state index in [4.69, 9.17) is 4.52 Å². The molecular formula is C16H22N4O2. The van der Waals surface area contributed by atoms with Gasteiger partial charge in [0.25, 0.3) is 5.91 Å². The Morgan fingerprint density at radius 3 is 2.73 bits per heavy atom. The number of hydrogen-bond acceptors (Lipinski definition) is 5. The molecule has 0 aliphatic carbocycles. The molecule has 0 saturated carbocycles. The van der Waals surface area contributed by atoms with Gasteiger partial charge in [0.1, 0.15) is 11.6 Å². The van der Waals surface area contributed by atoms with E-state index in [-0.39, 0.29) is 5.91 Å². The molecule has 0 unspecified atom stereocenters. The fourth-order valence-electron chi connectivity index (χ4n) is 2.24. The van der Waals surface area contributed by atoms with Crippen LogP contribution in [-0.4, -0.2) is 29.1 Å². The largest absolute Gasteiger partial charge is 0.370 e. The zero-order valence-electron chi connectivity index (χ0n) is 13.3. The maximum atomic E-state index is 11.6. The van der Waals surface area contributed by atoms with Crippen LogP contribution in [0.25, 0.3) is 0 Å². The van der Waals surface area contributed by atoms with E-state index in [2.05, 4.69) is 20.8 Å². The molecule has 2 rings (SSSR count). The molecule has 0 spiro atoms. The number of aryl methyl sites for hydroxylation is 2. The number of hydrogen-bond donors (Lipinski definition) is 2. The standard InChI is InChI=1S/C16H22N4O2/c1-4-17-16(21)13-7-8-15(19-10-13)18-9-5-6-14-11(2)20-22-12(14)3/h7-8,10H,4-6,9H2,1-3H3,(H,17,21)(H,18,19). The molecule has 0 saturated heterocycles. The van der Waals surface area contributed by atoms with Crippen molar-refractivity contribution in [2.24, 2.45) is 0 Å². The van der Waals surface area contributed by atoms with Crippen LogP contribution in [0.1, 0.15) is 40.7 Å². The Hall–Kier alpha value is -2.37. The molecule has 2 N–H and O–H groups in total. The first-order chi connectivity index (χ1) is 10.6. The van der Waals surface area contributed by atoms with Crippen LogP contribution in [0, 0.1) is 13.8 Å². The van der Waals surface area contributed by atoms with Gasteiger partial charge in [0.15, 0.2) is 0 Å². The molecule has 2 heterocycles. The summed E-state index contributed by atoms with van der Waals surface area (Å²) in [6, 6.07) is 3.59. The second-order valence-electron chi connectivity index (χ2n) is 5.12. The molecule has 0 atom stereocenters. The topological polar surface area (TPSA) is 80.0 Å². The van der Waals surface area contributed by atoms with Gasteiger partial charge in [0.2, 0.25) is 0 Å². The molecule has 2 aromatic heterocycles. The predicted molar refractivity (Wildman–Crippen MR) is 85.0 cm³/mol. The zero-order chi connectivity index (χ0) is 15.9. The molecule has 0 radical (unpaired) electrons. The van der Waals surface area contributed by atoms with Crippen LogP contribution in [0.2, 0.25) is 0 Å². The number of carbonyl (C=O) groups excluding carboxylic acids is 1. The lowest BCUT2D eigenvalue weighted by molar-refractivity contribution is 0.0955. The Balaban J connectivity index is 1.79. The third kappa shape index (κ3) is 4.07. The first-order valence-electron chi connectivity index (χ1n) is 7.51. The molecule has 2 aromatic rings. The highest BCUT2D eigenvalue weighted by Gasteiger charge is 2.08. The van der Waals surface area contributed by atoms with Crippen molar-refractivity contribution in [1.29, 1.82) is 0 Å². The summed E-state index contributed by atoms with van der Waals surface area (Å²) in [6.45, 7) is 7.20. The van der Waals surface area contributed by atoms with Crippen molar-refractivity contribution >= 4 is 11.7 Å². The molecule has 6 heteroatoms. The average Bonchev–Trinajstić information content (AvgIpc) is 2.84. The van der Waals surface area contributed by atoms with Gasteiger partial charge in [-0.15, -0.1) is 0 Å². The summed E-state index contributed by atoms with van der Waals surface area (Å²) in [6.07, 6.45) is 3.47. The minimum Gasteiger partial charge on any atom is -0.370 e. The van der Waals surface area contributed by atoms with Crippen molar-refractivity contribution in [1.82, 2.24) is 15.5 Å². The van der Waals surface area contributed by atoms with Gasteiger partial charge in [-0.1, -0.05) is 5.16 Å². The fourth-order valence-corrected chi connectivity index (χ4v) is 2.24. The quantitative estimate of drug-likeness (QED) is 0.768. The van der Waals surface area contributed by atoms with E-state index in [9.17, 15) is 4.79 Å². The van der Waals surface area contributed by atoms with E-state index < -0.39 is 0 Å². The number of rotatable bonds is 7. The molecule has 0 bridgehead atoms. The summed E-state index contributed by atoms with van der Waals surface area (Å²) in [5, 5.41) is 9.94. The van der Waals surface area contributed by atoms with Crippen LogP contribution in [0.3, 0.4) is 0 Å². The lowest BCUT2D eigenvalue weighted by atomic mass is 10.1. The maximum Gasteiger partial charge on any atom is 0.252 e. The molecule has 0 aliphatic rings. The van der Waals surface area contributed by atoms with Crippen molar-refractivity contribution in [2.45, 2.75) is 33.6 Å². The van der Waals surface area contributed by atoms with Gasteiger partial charge >= 0.3 is 0 Å². The number of nitrogens with zero attached hydrogens (tertiary/aromatic N) is 2. The van der Waals surface area contributed by atoms with Crippen molar-refractivity contribution in [3.63, 3.8) is 0 Å². The summed E-state index contributed by atoms with van der Waals surface area (Å²) < 4.78 is 5.15. The molecule has 118 valence electrons. The Labute approximate surface area is 130 Å². The normalized spacial score (nSPS) is 10.5. The Morgan fingerprint density at radius 2 is 2.14 bits per heavy atom. The van der Waals surface area contributed by atoms with Crippen molar-refractivity contribution < 1.29 is 9.32 Å². The van der Waals surface area contributed by atoms with E-state index in [0.29, 0.717) is 12.1 Å². The Kier molecular flexibility index (Phi) is 5.52. The SMILES string of the molecule is CCNC(=O)c1ccc(NCCCc2c(C)noc2C)nc1. The van der Waals surface area contributed by atoms with E-state index in [1.807, 2.05) is 26.8 Å². The first-order valence-corrected chi connectivity index (χ1v) is 7.51. The predicted octanol–water partition coefficient (Wildman–Crippen LogP) is 2.48. The number of nitrogens with one attached hydrogen (secondary N) is 2. The van der Waals surface area contributed by atoms with Crippen LogP contribution >= 0.6 is 0 Å². The minimum absolute atomic E-state index is 0.0973. The minimum atomic E-state index is -0.0973. The third-order valence-electron chi connectivity index (χ3n) is 3.45. The van der Waals surface area contributed by atoms with Gasteiger partial charge in [-0.05, 0) is 45.7 Å². The Morgan fingerprint density at radius 1 is 1.32 bits per heavy atom. The van der Waals surface area contributed by atoms with Gasteiger partial charge in [0, 0.05) is 24.8 Å². The highest BCUT2D eigenvalue weighted by atomic mass is 16.5. The number of pyridine rings is 1. The van der Waals surface area contributed by atoms with Crippen molar-refractivity contribution in [2.75, 3.05) is 18.4 Å². The lowest BCUT2D eigenvalue weighted by Gasteiger charge is -2.06. The van der Waals surface area contributed by atoms with E-state index in [1.165, 1.54) is 5.56 Å². The van der Waals surface area contributed by atoms with Gasteiger partial charge in [-0.3, -0.25) is 4.79 Å². The number of aromatic nitrogens is 2. The zero-order valence-corrected chi connectivity index (χ0v) is 13.3. The summed E-state index contributed by atoms with van der Waals surface area (Å²) in [5.74, 6) is 1.56. The molecule has 22 heavy (non-hydrogen) atoms. The summed E-state index contributed by atoms with van der Waals surface area (Å²) in [7, 11) is 0. The number of amides is 1. The van der Waals surface area contributed by atoms with Crippen LogP contribution in [0.4, 0.5) is 5.82 Å². The van der Waals surface area contributed by atoms with Crippen LogP contribution < -0.4 is 10.6 Å². The molecular weight excluding hydrogens is 280 g/mol. The molecule has 1 amide bonds. The van der Waals surface area contributed by atoms with Crippen molar-refractivity contribution in [3.05, 3.63) is 40.9 Å². The maximum absolute atomic E-state index is 11.6. The third-order valence-corrected chi connectivity index (χ3v) is 3.45. The second-order valence-corrected chi connectivity index (χ2v) is 5.12. The van der Waals surface area contributed by atoms with Gasteiger partial charge in [-0.2, -0.15) is 0 Å². The summed E-state index contributed by atoms with van der Waals surface area (Å²) in [4.78, 5) is 15.9. The summed E-state index contributed by atoms with van der Waals surface area (Å²) >= 11 is 0. The fraction of sp³-hybridized carbons (Fsp3) is 0.438. The van der Waals surface area contributed by atoms with Gasteiger partial charge in [-0.25, -0.2) is 4.98 Å². The summed E-state index contributed by atoms with van der Waals surface area (Å²) in [5.41, 5.74) is 2.71. The van der Waals surface area contributed by atoms with E-state index >= 15 is 0 Å². The van der Waals surface area contributed by atoms with Gasteiger partial charge in [0.05, 0.1) is 11.3 Å². The number of carbonyl (C=O) groups is 1. The van der Waals surface area contributed by atoms with Crippen LogP contribution in [-0.2, 0) is 6.42 Å². The highest BCUT2D eigenvalue weighted by Crippen LogP contribution is 2.14. The average molecular weight is 302 g/mol. The lowest BCUT2D eigenvalue weighted by Crippen LogP contribution is -2.22. The van der Waals surface area contributed by atoms with E-state index in [0.717, 1.165) is 36.7 Å². The van der Waals surface area contributed by atoms with E-state index in [1.54, 1.807) is 12.3 Å². The van der Waals surface area contributed by atoms with Crippen LogP contribution in [0.5, 0.6) is 0 Å². The second kappa shape index (κ2) is 7.59. The first kappa shape index (κ1) is 16.0. The van der Waals surface area contributed by atoms with Crippen LogP contribution in [0.15, 0.2) is 22.9 Å². The van der Waals surface area contributed by atoms with Crippen molar-refractivity contribution in [3.8, 4) is 0 Å². The highest BCUT2D eigenvalue weighted by molar-refractivity contribution is 5.93. The Bertz CT molecular complexity index is 600. The molecule has 0 fully saturated rings. The smallest absolute Gasteiger partial charge is 0.252 e. The monoisotopic (exact) mass is 302 g/mol.